The largest absolute Gasteiger partial charge is 0.353 e. The summed E-state index contributed by atoms with van der Waals surface area (Å²) in [5.74, 6) is 0.242. The summed E-state index contributed by atoms with van der Waals surface area (Å²) in [5, 5.41) is 3.15. The molecule has 0 aromatic carbocycles. The highest BCUT2D eigenvalue weighted by Gasteiger charge is 2.10. The van der Waals surface area contributed by atoms with E-state index in [-0.39, 0.29) is 5.91 Å². The first kappa shape index (κ1) is 14.5. The summed E-state index contributed by atoms with van der Waals surface area (Å²) in [7, 11) is 0. The molecule has 1 N–H and O–H groups in total. The smallest absolute Gasteiger partial charge is 0.220 e. The topological polar surface area (TPSA) is 29.1 Å². The lowest BCUT2D eigenvalue weighted by atomic mass is 10.0. The van der Waals surface area contributed by atoms with E-state index in [1.54, 1.807) is 0 Å². The molecule has 0 aromatic rings. The van der Waals surface area contributed by atoms with Gasteiger partial charge in [0, 0.05) is 12.5 Å². The average Bonchev–Trinajstić information content (AvgIpc) is 2.23. The molecule has 0 bridgehead atoms. The fourth-order valence-corrected chi connectivity index (χ4v) is 1.72. The quantitative estimate of drug-likeness (QED) is 0.622. The zero-order valence-electron chi connectivity index (χ0n) is 10.6. The minimum atomic E-state index is 0.242. The van der Waals surface area contributed by atoms with Crippen molar-refractivity contribution in [3.63, 3.8) is 0 Å². The SMILES string of the molecule is CCCCC(=O)NC(CCC)CCCC. The Balaban J connectivity index is 3.76. The van der Waals surface area contributed by atoms with Crippen LogP contribution in [0.5, 0.6) is 0 Å². The molecule has 0 saturated carbocycles. The van der Waals surface area contributed by atoms with Crippen LogP contribution in [0.4, 0.5) is 0 Å². The maximum atomic E-state index is 11.5. The van der Waals surface area contributed by atoms with Crippen LogP contribution < -0.4 is 5.32 Å². The second kappa shape index (κ2) is 10.0. The van der Waals surface area contributed by atoms with Crippen molar-refractivity contribution in [1.82, 2.24) is 5.32 Å². The molecular weight excluding hydrogens is 186 g/mol. The van der Waals surface area contributed by atoms with Gasteiger partial charge < -0.3 is 5.32 Å². The van der Waals surface area contributed by atoms with Crippen molar-refractivity contribution in [2.75, 3.05) is 0 Å². The molecule has 0 rings (SSSR count). The van der Waals surface area contributed by atoms with E-state index in [1.165, 1.54) is 12.8 Å². The maximum absolute atomic E-state index is 11.5. The third-order valence-corrected chi connectivity index (χ3v) is 2.67. The van der Waals surface area contributed by atoms with Gasteiger partial charge in [0.1, 0.15) is 0 Å². The summed E-state index contributed by atoms with van der Waals surface area (Å²) in [6.45, 7) is 6.49. The number of carbonyl (C=O) groups excluding carboxylic acids is 1. The monoisotopic (exact) mass is 213 g/mol. The summed E-state index contributed by atoms with van der Waals surface area (Å²) >= 11 is 0. The Hall–Kier alpha value is -0.530. The number of hydrogen-bond donors (Lipinski definition) is 1. The summed E-state index contributed by atoms with van der Waals surface area (Å²) in [6.07, 6.45) is 8.66. The molecule has 0 spiro atoms. The van der Waals surface area contributed by atoms with E-state index in [2.05, 4.69) is 26.1 Å². The van der Waals surface area contributed by atoms with Crippen LogP contribution >= 0.6 is 0 Å². The van der Waals surface area contributed by atoms with Crippen molar-refractivity contribution in [3.05, 3.63) is 0 Å². The third-order valence-electron chi connectivity index (χ3n) is 2.67. The second-order valence-electron chi connectivity index (χ2n) is 4.30. The minimum Gasteiger partial charge on any atom is -0.353 e. The fraction of sp³-hybridized carbons (Fsp3) is 0.923. The number of hydrogen-bond acceptors (Lipinski definition) is 1. The molecule has 0 radical (unpaired) electrons. The van der Waals surface area contributed by atoms with Gasteiger partial charge in [0.15, 0.2) is 0 Å². The minimum absolute atomic E-state index is 0.242. The van der Waals surface area contributed by atoms with Gasteiger partial charge in [-0.3, -0.25) is 4.79 Å². The van der Waals surface area contributed by atoms with Gasteiger partial charge in [-0.1, -0.05) is 46.5 Å². The predicted octanol–water partition coefficient (Wildman–Crippen LogP) is 3.65. The van der Waals surface area contributed by atoms with Crippen molar-refractivity contribution in [1.29, 1.82) is 0 Å². The number of rotatable bonds is 9. The van der Waals surface area contributed by atoms with Gasteiger partial charge in [-0.05, 0) is 19.3 Å². The first-order valence-electron chi connectivity index (χ1n) is 6.53. The molecule has 0 aliphatic carbocycles. The van der Waals surface area contributed by atoms with Gasteiger partial charge in [-0.15, -0.1) is 0 Å². The van der Waals surface area contributed by atoms with Crippen LogP contribution in [-0.4, -0.2) is 11.9 Å². The molecule has 0 saturated heterocycles. The van der Waals surface area contributed by atoms with Crippen molar-refractivity contribution < 1.29 is 4.79 Å². The number of nitrogens with one attached hydrogen (secondary N) is 1. The van der Waals surface area contributed by atoms with Crippen molar-refractivity contribution in [3.8, 4) is 0 Å². The predicted molar refractivity (Wildman–Crippen MR) is 65.9 cm³/mol. The lowest BCUT2D eigenvalue weighted by molar-refractivity contribution is -0.122. The summed E-state index contributed by atoms with van der Waals surface area (Å²) in [4.78, 5) is 11.5. The zero-order chi connectivity index (χ0) is 11.5. The van der Waals surface area contributed by atoms with Crippen LogP contribution in [0, 0.1) is 0 Å². The molecule has 15 heavy (non-hydrogen) atoms. The molecule has 0 fully saturated rings. The van der Waals surface area contributed by atoms with Gasteiger partial charge in [-0.2, -0.15) is 0 Å². The summed E-state index contributed by atoms with van der Waals surface area (Å²) in [6, 6.07) is 0.416. The van der Waals surface area contributed by atoms with Crippen LogP contribution in [0.2, 0.25) is 0 Å². The van der Waals surface area contributed by atoms with Gasteiger partial charge in [0.2, 0.25) is 5.91 Å². The van der Waals surface area contributed by atoms with Gasteiger partial charge in [0.05, 0.1) is 0 Å². The Kier molecular flexibility index (Phi) is 9.65. The molecule has 1 amide bonds. The maximum Gasteiger partial charge on any atom is 0.220 e. The Labute approximate surface area is 94.8 Å². The highest BCUT2D eigenvalue weighted by molar-refractivity contribution is 5.76. The highest BCUT2D eigenvalue weighted by atomic mass is 16.1. The number of unbranched alkanes of at least 4 members (excludes halogenated alkanes) is 2. The first-order valence-corrected chi connectivity index (χ1v) is 6.53. The van der Waals surface area contributed by atoms with Crippen LogP contribution in [0.3, 0.4) is 0 Å². The normalized spacial score (nSPS) is 12.5. The lowest BCUT2D eigenvalue weighted by Gasteiger charge is -2.17. The van der Waals surface area contributed by atoms with Crippen molar-refractivity contribution in [2.24, 2.45) is 0 Å². The molecule has 0 aliphatic heterocycles. The van der Waals surface area contributed by atoms with Gasteiger partial charge >= 0.3 is 0 Å². The summed E-state index contributed by atoms with van der Waals surface area (Å²) in [5.41, 5.74) is 0. The van der Waals surface area contributed by atoms with E-state index < -0.39 is 0 Å². The highest BCUT2D eigenvalue weighted by Crippen LogP contribution is 2.07. The molecule has 90 valence electrons. The third kappa shape index (κ3) is 8.46. The van der Waals surface area contributed by atoms with E-state index in [9.17, 15) is 4.79 Å². The molecule has 0 heterocycles. The van der Waals surface area contributed by atoms with E-state index in [0.29, 0.717) is 12.5 Å². The average molecular weight is 213 g/mol. The standard InChI is InChI=1S/C13H27NO/c1-4-7-10-12(9-6-3)14-13(15)11-8-5-2/h12H,4-11H2,1-3H3,(H,14,15). The van der Waals surface area contributed by atoms with E-state index in [1.807, 2.05) is 0 Å². The van der Waals surface area contributed by atoms with E-state index in [4.69, 9.17) is 0 Å². The van der Waals surface area contributed by atoms with Crippen LogP contribution in [0.15, 0.2) is 0 Å². The van der Waals surface area contributed by atoms with Crippen LogP contribution in [-0.2, 0) is 4.79 Å². The molecule has 1 unspecified atom stereocenters. The Morgan fingerprint density at radius 1 is 1.00 bits per heavy atom. The van der Waals surface area contributed by atoms with Crippen LogP contribution in [0.1, 0.15) is 72.1 Å². The molecule has 2 nitrogen and oxygen atoms in total. The number of carbonyl (C=O) groups is 1. The first-order chi connectivity index (χ1) is 7.24. The molecule has 0 aromatic heterocycles. The molecule has 1 atom stereocenters. The molecular formula is C13H27NO. The Morgan fingerprint density at radius 3 is 2.20 bits per heavy atom. The second-order valence-corrected chi connectivity index (χ2v) is 4.30. The Bertz CT molecular complexity index is 157. The van der Waals surface area contributed by atoms with Gasteiger partial charge in [0.25, 0.3) is 0 Å². The lowest BCUT2D eigenvalue weighted by Crippen LogP contribution is -2.34. The molecule has 2 heteroatoms. The Morgan fingerprint density at radius 2 is 1.67 bits per heavy atom. The van der Waals surface area contributed by atoms with Crippen molar-refractivity contribution >= 4 is 5.91 Å². The van der Waals surface area contributed by atoms with Crippen molar-refractivity contribution in [2.45, 2.75) is 78.2 Å². The zero-order valence-corrected chi connectivity index (χ0v) is 10.6. The summed E-state index contributed by atoms with van der Waals surface area (Å²) < 4.78 is 0. The van der Waals surface area contributed by atoms with E-state index >= 15 is 0 Å². The molecule has 0 aliphatic rings. The number of amides is 1. The van der Waals surface area contributed by atoms with Crippen LogP contribution in [0.25, 0.3) is 0 Å². The van der Waals surface area contributed by atoms with E-state index in [0.717, 1.165) is 32.1 Å². The van der Waals surface area contributed by atoms with Gasteiger partial charge in [-0.25, -0.2) is 0 Å². The fourth-order valence-electron chi connectivity index (χ4n) is 1.72.